The SMILES string of the molecule is C#CC(CC)NS(=O)(=O)c1ccc([N+](=O)[O-])cc1. The minimum Gasteiger partial charge on any atom is -0.258 e. The Bertz CT molecular complexity index is 572. The molecule has 0 heterocycles. The van der Waals surface area contributed by atoms with Crippen molar-refractivity contribution in [2.24, 2.45) is 0 Å². The summed E-state index contributed by atoms with van der Waals surface area (Å²) in [5.74, 6) is 2.31. The van der Waals surface area contributed by atoms with Gasteiger partial charge in [-0.05, 0) is 18.6 Å². The van der Waals surface area contributed by atoms with Crippen LogP contribution in [0.25, 0.3) is 0 Å². The molecule has 0 aliphatic heterocycles. The fraction of sp³-hybridized carbons (Fsp3) is 0.273. The maximum Gasteiger partial charge on any atom is 0.269 e. The molecule has 1 rings (SSSR count). The molecule has 0 bridgehead atoms. The first-order valence-electron chi connectivity index (χ1n) is 5.13. The summed E-state index contributed by atoms with van der Waals surface area (Å²) in [6.07, 6.45) is 5.63. The number of benzene rings is 1. The topological polar surface area (TPSA) is 89.3 Å². The highest BCUT2D eigenvalue weighted by atomic mass is 32.2. The average molecular weight is 268 g/mol. The fourth-order valence-corrected chi connectivity index (χ4v) is 2.48. The van der Waals surface area contributed by atoms with Crippen LogP contribution in [0.5, 0.6) is 0 Å². The van der Waals surface area contributed by atoms with Crippen molar-refractivity contribution in [2.45, 2.75) is 24.3 Å². The minimum absolute atomic E-state index is 0.0539. The average Bonchev–Trinajstić information content (AvgIpc) is 2.36. The van der Waals surface area contributed by atoms with Crippen molar-refractivity contribution < 1.29 is 13.3 Å². The molecular formula is C11H12N2O4S. The first-order chi connectivity index (χ1) is 8.40. The molecule has 0 radical (unpaired) electrons. The highest BCUT2D eigenvalue weighted by molar-refractivity contribution is 7.89. The van der Waals surface area contributed by atoms with Gasteiger partial charge in [-0.3, -0.25) is 10.1 Å². The maximum absolute atomic E-state index is 11.9. The van der Waals surface area contributed by atoms with Crippen molar-refractivity contribution in [3.05, 3.63) is 34.4 Å². The monoisotopic (exact) mass is 268 g/mol. The van der Waals surface area contributed by atoms with E-state index in [1.807, 2.05) is 0 Å². The number of nitro groups is 1. The van der Waals surface area contributed by atoms with E-state index in [-0.39, 0.29) is 10.6 Å². The first kappa shape index (κ1) is 14.2. The van der Waals surface area contributed by atoms with Gasteiger partial charge in [0.25, 0.3) is 5.69 Å². The van der Waals surface area contributed by atoms with E-state index < -0.39 is 21.0 Å². The van der Waals surface area contributed by atoms with Crippen LogP contribution >= 0.6 is 0 Å². The molecule has 0 aliphatic rings. The van der Waals surface area contributed by atoms with Crippen LogP contribution in [-0.2, 0) is 10.0 Å². The van der Waals surface area contributed by atoms with E-state index in [0.29, 0.717) is 6.42 Å². The summed E-state index contributed by atoms with van der Waals surface area (Å²) in [6.45, 7) is 1.75. The van der Waals surface area contributed by atoms with Crippen LogP contribution in [0.4, 0.5) is 5.69 Å². The first-order valence-corrected chi connectivity index (χ1v) is 6.62. The lowest BCUT2D eigenvalue weighted by atomic mass is 10.3. The second-order valence-electron chi connectivity index (χ2n) is 3.50. The van der Waals surface area contributed by atoms with Crippen molar-refractivity contribution in [2.75, 3.05) is 0 Å². The van der Waals surface area contributed by atoms with E-state index in [1.54, 1.807) is 6.92 Å². The summed E-state index contributed by atoms with van der Waals surface area (Å²) in [7, 11) is -3.74. The van der Waals surface area contributed by atoms with E-state index in [1.165, 1.54) is 12.1 Å². The summed E-state index contributed by atoms with van der Waals surface area (Å²) in [6, 6.07) is 4.01. The molecule has 0 aliphatic carbocycles. The van der Waals surface area contributed by atoms with Gasteiger partial charge in [0, 0.05) is 12.1 Å². The molecule has 0 saturated carbocycles. The van der Waals surface area contributed by atoms with E-state index in [4.69, 9.17) is 6.42 Å². The third kappa shape index (κ3) is 3.29. The molecule has 1 atom stereocenters. The van der Waals surface area contributed by atoms with Crippen molar-refractivity contribution in [1.82, 2.24) is 4.72 Å². The highest BCUT2D eigenvalue weighted by Gasteiger charge is 2.18. The van der Waals surface area contributed by atoms with Gasteiger partial charge in [0.05, 0.1) is 15.9 Å². The molecule has 96 valence electrons. The Kier molecular flexibility index (Phi) is 4.42. The smallest absolute Gasteiger partial charge is 0.258 e. The van der Waals surface area contributed by atoms with Gasteiger partial charge in [0.15, 0.2) is 0 Å². The van der Waals surface area contributed by atoms with E-state index in [9.17, 15) is 18.5 Å². The predicted molar refractivity (Wildman–Crippen MR) is 66.3 cm³/mol. The molecule has 7 heteroatoms. The van der Waals surface area contributed by atoms with Gasteiger partial charge in [-0.15, -0.1) is 6.42 Å². The summed E-state index contributed by atoms with van der Waals surface area (Å²) in [5, 5.41) is 10.4. The van der Waals surface area contributed by atoms with Gasteiger partial charge < -0.3 is 0 Å². The maximum atomic E-state index is 11.9. The molecule has 0 saturated heterocycles. The number of sulfonamides is 1. The van der Waals surface area contributed by atoms with Crippen LogP contribution < -0.4 is 4.72 Å². The van der Waals surface area contributed by atoms with Crippen molar-refractivity contribution in [1.29, 1.82) is 0 Å². The number of nitro benzene ring substituents is 1. The number of hydrogen-bond donors (Lipinski definition) is 1. The van der Waals surface area contributed by atoms with Crippen LogP contribution in [0.3, 0.4) is 0 Å². The summed E-state index contributed by atoms with van der Waals surface area (Å²) >= 11 is 0. The van der Waals surface area contributed by atoms with Gasteiger partial charge in [-0.2, -0.15) is 4.72 Å². The molecular weight excluding hydrogens is 256 g/mol. The molecule has 0 aromatic heterocycles. The molecule has 6 nitrogen and oxygen atoms in total. The highest BCUT2D eigenvalue weighted by Crippen LogP contribution is 2.16. The number of hydrogen-bond acceptors (Lipinski definition) is 4. The Hall–Kier alpha value is -1.91. The number of non-ortho nitro benzene ring substituents is 1. The number of nitrogens with zero attached hydrogens (tertiary/aromatic N) is 1. The number of terminal acetylenes is 1. The molecule has 1 aromatic rings. The number of rotatable bonds is 5. The fourth-order valence-electron chi connectivity index (χ4n) is 1.24. The Morgan fingerprint density at radius 3 is 2.39 bits per heavy atom. The summed E-state index contributed by atoms with van der Waals surface area (Å²) in [5.41, 5.74) is -0.169. The third-order valence-corrected chi connectivity index (χ3v) is 3.75. The van der Waals surface area contributed by atoms with Gasteiger partial charge in [0.2, 0.25) is 10.0 Å². The van der Waals surface area contributed by atoms with E-state index in [0.717, 1.165) is 12.1 Å². The zero-order valence-corrected chi connectivity index (χ0v) is 10.5. The van der Waals surface area contributed by atoms with Gasteiger partial charge in [-0.1, -0.05) is 12.8 Å². The van der Waals surface area contributed by atoms with Gasteiger partial charge in [-0.25, -0.2) is 8.42 Å². The van der Waals surface area contributed by atoms with Crippen LogP contribution in [-0.4, -0.2) is 19.4 Å². The largest absolute Gasteiger partial charge is 0.269 e. The van der Waals surface area contributed by atoms with E-state index >= 15 is 0 Å². The molecule has 1 N–H and O–H groups in total. The Balaban J connectivity index is 2.99. The Morgan fingerprint density at radius 1 is 1.44 bits per heavy atom. The second kappa shape index (κ2) is 5.62. The minimum atomic E-state index is -3.74. The zero-order chi connectivity index (χ0) is 13.8. The zero-order valence-electron chi connectivity index (χ0n) is 9.66. The van der Waals surface area contributed by atoms with Gasteiger partial charge in [0.1, 0.15) is 0 Å². The summed E-state index contributed by atoms with van der Waals surface area (Å²) < 4.78 is 26.1. The second-order valence-corrected chi connectivity index (χ2v) is 5.21. The number of nitrogens with one attached hydrogen (secondary N) is 1. The van der Waals surface area contributed by atoms with Crippen LogP contribution in [0.1, 0.15) is 13.3 Å². The molecule has 0 fully saturated rings. The standard InChI is InChI=1S/C11H12N2O4S/c1-3-9(4-2)12-18(16,17)11-7-5-10(6-8-11)13(14)15/h1,5-9,12H,4H2,2H3. The lowest BCUT2D eigenvalue weighted by Gasteiger charge is -2.11. The predicted octanol–water partition coefficient (Wildman–Crippen LogP) is 1.28. The van der Waals surface area contributed by atoms with E-state index in [2.05, 4.69) is 10.6 Å². The lowest BCUT2D eigenvalue weighted by Crippen LogP contribution is -2.33. The molecule has 1 unspecified atom stereocenters. The van der Waals surface area contributed by atoms with Crippen LogP contribution in [0, 0.1) is 22.5 Å². The Morgan fingerprint density at radius 2 is 2.00 bits per heavy atom. The van der Waals surface area contributed by atoms with Crippen molar-refractivity contribution in [3.63, 3.8) is 0 Å². The lowest BCUT2D eigenvalue weighted by molar-refractivity contribution is -0.384. The molecule has 0 spiro atoms. The quantitative estimate of drug-likeness (QED) is 0.495. The molecule has 1 aromatic carbocycles. The van der Waals surface area contributed by atoms with Crippen LogP contribution in [0.15, 0.2) is 29.2 Å². The normalized spacial score (nSPS) is 12.7. The van der Waals surface area contributed by atoms with Crippen molar-refractivity contribution >= 4 is 15.7 Å². The molecule has 0 amide bonds. The van der Waals surface area contributed by atoms with Crippen LogP contribution in [0.2, 0.25) is 0 Å². The summed E-state index contributed by atoms with van der Waals surface area (Å²) in [4.78, 5) is 9.80. The van der Waals surface area contributed by atoms with Gasteiger partial charge >= 0.3 is 0 Å². The Labute approximate surface area is 105 Å². The third-order valence-electron chi connectivity index (χ3n) is 2.26. The van der Waals surface area contributed by atoms with Crippen molar-refractivity contribution in [3.8, 4) is 12.3 Å². The molecule has 18 heavy (non-hydrogen) atoms.